The summed E-state index contributed by atoms with van der Waals surface area (Å²) in [5.41, 5.74) is 3.93. The normalized spacial score (nSPS) is 16.6. The second-order valence-corrected chi connectivity index (χ2v) is 9.80. The van der Waals surface area contributed by atoms with Crippen LogP contribution in [0.1, 0.15) is 51.6 Å². The summed E-state index contributed by atoms with van der Waals surface area (Å²) in [6.07, 6.45) is 6.24. The summed E-state index contributed by atoms with van der Waals surface area (Å²) < 4.78 is 15.5. The molecule has 1 saturated carbocycles. The molecule has 2 heterocycles. The molecule has 1 amide bonds. The molecule has 1 aliphatic carbocycles. The minimum atomic E-state index is -0.275. The summed E-state index contributed by atoms with van der Waals surface area (Å²) in [6.45, 7) is 6.02. The van der Waals surface area contributed by atoms with Crippen molar-refractivity contribution in [3.05, 3.63) is 111 Å². The number of nitrogens with zero attached hydrogens (tertiary/aromatic N) is 3. The highest BCUT2D eigenvalue weighted by molar-refractivity contribution is 5.95. The molecule has 6 heteroatoms. The molecule has 0 spiro atoms. The molecule has 0 N–H and O–H groups in total. The van der Waals surface area contributed by atoms with Crippen molar-refractivity contribution in [3.8, 4) is 0 Å². The standard InChI is InChI=1S/C30H32FN3O2/c1-22-20-27(35)28(29(25-11-12-25)34(22)21-24-9-13-26(31)14-10-24)30(36)33-18-16-32(17-19-33)15-5-8-23-6-3-2-4-7-23/h2-10,13-14,20,25H,11-12,15-19,21H2,1H3/b8-5+. The van der Waals surface area contributed by atoms with Gasteiger partial charge in [0, 0.05) is 62.6 Å². The molecule has 0 radical (unpaired) electrons. The minimum absolute atomic E-state index is 0.158. The Kier molecular flexibility index (Phi) is 7.14. The largest absolute Gasteiger partial charge is 0.343 e. The van der Waals surface area contributed by atoms with Crippen LogP contribution >= 0.6 is 0 Å². The first-order valence-electron chi connectivity index (χ1n) is 12.7. The maximum Gasteiger partial charge on any atom is 0.259 e. The van der Waals surface area contributed by atoms with Crippen molar-refractivity contribution in [1.82, 2.24) is 14.4 Å². The molecule has 0 bridgehead atoms. The Bertz CT molecular complexity index is 1300. The average molecular weight is 486 g/mol. The molecule has 0 atom stereocenters. The zero-order chi connectivity index (χ0) is 25.1. The Hall–Kier alpha value is -3.51. The van der Waals surface area contributed by atoms with Crippen molar-refractivity contribution in [2.45, 2.75) is 32.2 Å². The van der Waals surface area contributed by atoms with E-state index in [1.54, 1.807) is 18.2 Å². The average Bonchev–Trinajstić information content (AvgIpc) is 3.73. The van der Waals surface area contributed by atoms with Crippen molar-refractivity contribution in [1.29, 1.82) is 0 Å². The van der Waals surface area contributed by atoms with E-state index in [0.29, 0.717) is 25.2 Å². The Morgan fingerprint density at radius 2 is 1.69 bits per heavy atom. The lowest BCUT2D eigenvalue weighted by Gasteiger charge is -2.34. The van der Waals surface area contributed by atoms with E-state index in [9.17, 15) is 14.0 Å². The number of piperazine rings is 1. The summed E-state index contributed by atoms with van der Waals surface area (Å²) in [5.74, 6) is -0.209. The van der Waals surface area contributed by atoms with Gasteiger partial charge in [-0.1, -0.05) is 54.6 Å². The molecule has 186 valence electrons. The molecule has 3 aromatic rings. The van der Waals surface area contributed by atoms with Crippen LogP contribution in [0.4, 0.5) is 4.39 Å². The zero-order valence-corrected chi connectivity index (χ0v) is 20.7. The topological polar surface area (TPSA) is 45.6 Å². The number of aromatic nitrogens is 1. The van der Waals surface area contributed by atoms with Gasteiger partial charge in [0.25, 0.3) is 5.91 Å². The highest BCUT2D eigenvalue weighted by atomic mass is 19.1. The monoisotopic (exact) mass is 485 g/mol. The van der Waals surface area contributed by atoms with Gasteiger partial charge in [-0.25, -0.2) is 4.39 Å². The van der Waals surface area contributed by atoms with E-state index in [1.807, 2.05) is 30.0 Å². The van der Waals surface area contributed by atoms with E-state index in [0.717, 1.165) is 49.4 Å². The van der Waals surface area contributed by atoms with E-state index in [2.05, 4.69) is 33.8 Å². The number of amides is 1. The van der Waals surface area contributed by atoms with E-state index >= 15 is 0 Å². The number of hydrogen-bond donors (Lipinski definition) is 0. The number of carbonyl (C=O) groups is 1. The Labute approximate surface area is 211 Å². The van der Waals surface area contributed by atoms with E-state index in [4.69, 9.17) is 0 Å². The van der Waals surface area contributed by atoms with E-state index < -0.39 is 0 Å². The Balaban J connectivity index is 1.31. The highest BCUT2D eigenvalue weighted by Gasteiger charge is 2.35. The van der Waals surface area contributed by atoms with Crippen LogP contribution < -0.4 is 5.43 Å². The Morgan fingerprint density at radius 1 is 1.00 bits per heavy atom. The summed E-state index contributed by atoms with van der Waals surface area (Å²) in [6, 6.07) is 18.2. The third-order valence-electron chi connectivity index (χ3n) is 7.12. The summed E-state index contributed by atoms with van der Waals surface area (Å²) in [7, 11) is 0. The van der Waals surface area contributed by atoms with Crippen LogP contribution in [-0.2, 0) is 6.54 Å². The van der Waals surface area contributed by atoms with Crippen LogP contribution in [0.3, 0.4) is 0 Å². The fourth-order valence-corrected chi connectivity index (χ4v) is 4.96. The second-order valence-electron chi connectivity index (χ2n) is 9.80. The van der Waals surface area contributed by atoms with Crippen molar-refractivity contribution < 1.29 is 9.18 Å². The van der Waals surface area contributed by atoms with E-state index in [-0.39, 0.29) is 23.1 Å². The van der Waals surface area contributed by atoms with Gasteiger partial charge in [-0.15, -0.1) is 0 Å². The van der Waals surface area contributed by atoms with Crippen molar-refractivity contribution in [3.63, 3.8) is 0 Å². The molecule has 2 aliphatic rings. The molecular weight excluding hydrogens is 453 g/mol. The molecule has 5 nitrogen and oxygen atoms in total. The lowest BCUT2D eigenvalue weighted by atomic mass is 10.0. The van der Waals surface area contributed by atoms with Crippen LogP contribution in [0.2, 0.25) is 0 Å². The summed E-state index contributed by atoms with van der Waals surface area (Å²) in [5, 5.41) is 0. The number of pyridine rings is 1. The molecule has 2 fully saturated rings. The lowest BCUT2D eigenvalue weighted by molar-refractivity contribution is 0.0646. The van der Waals surface area contributed by atoms with Crippen LogP contribution in [0.5, 0.6) is 0 Å². The first kappa shape index (κ1) is 24.2. The van der Waals surface area contributed by atoms with Gasteiger partial charge >= 0.3 is 0 Å². The smallest absolute Gasteiger partial charge is 0.259 e. The van der Waals surface area contributed by atoms with Gasteiger partial charge in [-0.3, -0.25) is 14.5 Å². The predicted octanol–water partition coefficient (Wildman–Crippen LogP) is 4.69. The van der Waals surface area contributed by atoms with Gasteiger partial charge < -0.3 is 9.47 Å². The van der Waals surface area contributed by atoms with Crippen molar-refractivity contribution in [2.24, 2.45) is 0 Å². The van der Waals surface area contributed by atoms with Gasteiger partial charge in [0.1, 0.15) is 11.4 Å². The Morgan fingerprint density at radius 3 is 2.36 bits per heavy atom. The number of hydrogen-bond acceptors (Lipinski definition) is 3. The number of rotatable bonds is 7. The van der Waals surface area contributed by atoms with Crippen LogP contribution in [0.15, 0.2) is 71.5 Å². The molecular formula is C30H32FN3O2. The molecule has 2 aromatic carbocycles. The van der Waals surface area contributed by atoms with Crippen molar-refractivity contribution >= 4 is 12.0 Å². The fourth-order valence-electron chi connectivity index (χ4n) is 4.96. The number of halogens is 1. The zero-order valence-electron chi connectivity index (χ0n) is 20.7. The highest BCUT2D eigenvalue weighted by Crippen LogP contribution is 2.42. The fraction of sp³-hybridized carbons (Fsp3) is 0.333. The van der Waals surface area contributed by atoms with Crippen LogP contribution in [0, 0.1) is 12.7 Å². The number of benzene rings is 2. The lowest BCUT2D eigenvalue weighted by Crippen LogP contribution is -2.49. The summed E-state index contributed by atoms with van der Waals surface area (Å²) >= 11 is 0. The van der Waals surface area contributed by atoms with E-state index in [1.165, 1.54) is 17.7 Å². The molecule has 1 saturated heterocycles. The molecule has 36 heavy (non-hydrogen) atoms. The summed E-state index contributed by atoms with van der Waals surface area (Å²) in [4.78, 5) is 31.0. The third kappa shape index (κ3) is 5.49. The second kappa shape index (κ2) is 10.6. The molecule has 5 rings (SSSR count). The SMILES string of the molecule is Cc1cc(=O)c(C(=O)N2CCN(C/C=C/c3ccccc3)CC2)c(C2CC2)n1Cc1ccc(F)cc1. The molecule has 1 aromatic heterocycles. The molecule has 1 aliphatic heterocycles. The van der Waals surface area contributed by atoms with Crippen LogP contribution in [0.25, 0.3) is 6.08 Å². The van der Waals surface area contributed by atoms with Gasteiger partial charge in [0.15, 0.2) is 5.43 Å². The predicted molar refractivity (Wildman–Crippen MR) is 141 cm³/mol. The number of aryl methyl sites for hydroxylation is 1. The maximum absolute atomic E-state index is 13.7. The van der Waals surface area contributed by atoms with Gasteiger partial charge in [-0.2, -0.15) is 0 Å². The van der Waals surface area contributed by atoms with Gasteiger partial charge in [0.05, 0.1) is 0 Å². The number of carbonyl (C=O) groups excluding carboxylic acids is 1. The van der Waals surface area contributed by atoms with Gasteiger partial charge in [-0.05, 0) is 43.0 Å². The van der Waals surface area contributed by atoms with Crippen LogP contribution in [-0.4, -0.2) is 53.0 Å². The maximum atomic E-state index is 13.7. The van der Waals surface area contributed by atoms with Gasteiger partial charge in [0.2, 0.25) is 0 Å². The minimum Gasteiger partial charge on any atom is -0.343 e. The first-order valence-corrected chi connectivity index (χ1v) is 12.7. The first-order chi connectivity index (χ1) is 17.5. The quantitative estimate of drug-likeness (QED) is 0.488. The molecule has 0 unspecified atom stereocenters. The third-order valence-corrected chi connectivity index (χ3v) is 7.12. The van der Waals surface area contributed by atoms with Crippen molar-refractivity contribution in [2.75, 3.05) is 32.7 Å².